The van der Waals surface area contributed by atoms with E-state index in [1.165, 1.54) is 0 Å². The number of carbonyl (C=O) groups is 1. The monoisotopic (exact) mass is 212 g/mol. The smallest absolute Gasteiger partial charge is 0.336 e. The molecule has 0 aliphatic heterocycles. The highest BCUT2D eigenvalue weighted by molar-refractivity contribution is 6.03. The lowest BCUT2D eigenvalue weighted by Crippen LogP contribution is -1.97. The molecule has 0 radical (unpaired) electrons. The Labute approximate surface area is 93.8 Å². The van der Waals surface area contributed by atoms with Gasteiger partial charge < -0.3 is 5.11 Å². The number of carboxylic acids is 1. The van der Waals surface area contributed by atoms with Crippen LogP contribution >= 0.6 is 0 Å². The second kappa shape index (κ2) is 4.19. The number of rotatable bonds is 3. The van der Waals surface area contributed by atoms with Crippen LogP contribution in [0.1, 0.15) is 15.9 Å². The molecule has 0 aliphatic carbocycles. The number of allylic oxidation sites excluding steroid dienone is 1. The van der Waals surface area contributed by atoms with E-state index in [9.17, 15) is 4.79 Å². The normalized spacial score (nSPS) is 10.2. The molecule has 2 nitrogen and oxygen atoms in total. The van der Waals surface area contributed by atoms with Crippen LogP contribution < -0.4 is 0 Å². The zero-order chi connectivity index (χ0) is 11.5. The van der Waals surface area contributed by atoms with E-state index in [-0.39, 0.29) is 0 Å². The van der Waals surface area contributed by atoms with Crippen LogP contribution in [-0.4, -0.2) is 11.1 Å². The molecule has 0 bridgehead atoms. The summed E-state index contributed by atoms with van der Waals surface area (Å²) in [5.41, 5.74) is 1.43. The lowest BCUT2D eigenvalue weighted by molar-refractivity contribution is 0.0699. The summed E-state index contributed by atoms with van der Waals surface area (Å²) in [6, 6.07) is 11.2. The molecule has 0 heterocycles. The molecule has 2 aromatic carbocycles. The highest BCUT2D eigenvalue weighted by Gasteiger charge is 2.07. The fraction of sp³-hybridized carbons (Fsp3) is 0.0714. The molecular weight excluding hydrogens is 200 g/mol. The first-order valence-corrected chi connectivity index (χ1v) is 5.08. The van der Waals surface area contributed by atoms with Gasteiger partial charge in [-0.25, -0.2) is 4.79 Å². The first-order valence-electron chi connectivity index (χ1n) is 5.08. The minimum absolute atomic E-state index is 0.350. The van der Waals surface area contributed by atoms with Gasteiger partial charge in [-0.1, -0.05) is 30.3 Å². The van der Waals surface area contributed by atoms with Gasteiger partial charge in [0.05, 0.1) is 5.56 Å². The van der Waals surface area contributed by atoms with Crippen molar-refractivity contribution in [2.45, 2.75) is 6.42 Å². The maximum Gasteiger partial charge on any atom is 0.336 e. The third-order valence-corrected chi connectivity index (χ3v) is 2.56. The molecule has 2 rings (SSSR count). The lowest BCUT2D eigenvalue weighted by Gasteiger charge is -2.04. The Morgan fingerprint density at radius 2 is 2.12 bits per heavy atom. The van der Waals surface area contributed by atoms with E-state index in [4.69, 9.17) is 5.11 Å². The maximum absolute atomic E-state index is 11.1. The fourth-order valence-electron chi connectivity index (χ4n) is 1.80. The zero-order valence-corrected chi connectivity index (χ0v) is 8.81. The van der Waals surface area contributed by atoms with Crippen LogP contribution in [-0.2, 0) is 6.42 Å². The summed E-state index contributed by atoms with van der Waals surface area (Å²) < 4.78 is 0. The van der Waals surface area contributed by atoms with Gasteiger partial charge in [-0.2, -0.15) is 0 Å². The molecule has 80 valence electrons. The zero-order valence-electron chi connectivity index (χ0n) is 8.81. The van der Waals surface area contributed by atoms with Gasteiger partial charge in [0, 0.05) is 0 Å². The van der Waals surface area contributed by atoms with Gasteiger partial charge >= 0.3 is 5.97 Å². The topological polar surface area (TPSA) is 37.3 Å². The van der Waals surface area contributed by atoms with Gasteiger partial charge in [0.25, 0.3) is 0 Å². The second-order valence-corrected chi connectivity index (χ2v) is 3.66. The Morgan fingerprint density at radius 3 is 2.81 bits per heavy atom. The van der Waals surface area contributed by atoms with Gasteiger partial charge in [-0.05, 0) is 34.9 Å². The Bertz CT molecular complexity index is 556. The SMILES string of the molecule is C=CCc1ccc2cccc(C(=O)O)c2c1. The summed E-state index contributed by atoms with van der Waals surface area (Å²) in [6.07, 6.45) is 2.56. The molecule has 0 amide bonds. The lowest BCUT2D eigenvalue weighted by atomic mass is 10.0. The van der Waals surface area contributed by atoms with Crippen LogP contribution in [0.3, 0.4) is 0 Å². The molecular formula is C14H12O2. The van der Waals surface area contributed by atoms with Gasteiger partial charge in [0.1, 0.15) is 0 Å². The summed E-state index contributed by atoms with van der Waals surface area (Å²) in [5, 5.41) is 10.8. The third kappa shape index (κ3) is 1.82. The Kier molecular flexibility index (Phi) is 2.73. The largest absolute Gasteiger partial charge is 0.478 e. The summed E-state index contributed by atoms with van der Waals surface area (Å²) in [6.45, 7) is 3.68. The third-order valence-electron chi connectivity index (χ3n) is 2.56. The Balaban J connectivity index is 2.68. The average Bonchev–Trinajstić information content (AvgIpc) is 2.28. The first-order chi connectivity index (χ1) is 7.72. The minimum Gasteiger partial charge on any atom is -0.478 e. The highest BCUT2D eigenvalue weighted by atomic mass is 16.4. The molecule has 0 spiro atoms. The van der Waals surface area contributed by atoms with Crippen LogP contribution in [0, 0.1) is 0 Å². The molecule has 2 aromatic rings. The number of fused-ring (bicyclic) bond motifs is 1. The van der Waals surface area contributed by atoms with Gasteiger partial charge in [0.2, 0.25) is 0 Å². The molecule has 0 unspecified atom stereocenters. The van der Waals surface area contributed by atoms with E-state index >= 15 is 0 Å². The van der Waals surface area contributed by atoms with Crippen LogP contribution in [0.2, 0.25) is 0 Å². The number of benzene rings is 2. The summed E-state index contributed by atoms with van der Waals surface area (Å²) in [5.74, 6) is -0.888. The predicted octanol–water partition coefficient (Wildman–Crippen LogP) is 3.27. The minimum atomic E-state index is -0.888. The quantitative estimate of drug-likeness (QED) is 0.793. The van der Waals surface area contributed by atoms with Crippen molar-refractivity contribution in [1.29, 1.82) is 0 Å². The molecule has 0 atom stereocenters. The summed E-state index contributed by atoms with van der Waals surface area (Å²) in [7, 11) is 0. The molecule has 0 aliphatic rings. The number of carboxylic acid groups (broad SMARTS) is 1. The van der Waals surface area contributed by atoms with Crippen molar-refractivity contribution in [2.24, 2.45) is 0 Å². The predicted molar refractivity (Wildman–Crippen MR) is 64.8 cm³/mol. The highest BCUT2D eigenvalue weighted by Crippen LogP contribution is 2.20. The van der Waals surface area contributed by atoms with Crippen LogP contribution in [0.4, 0.5) is 0 Å². The van der Waals surface area contributed by atoms with Crippen molar-refractivity contribution in [3.8, 4) is 0 Å². The van der Waals surface area contributed by atoms with Crippen LogP contribution in [0.25, 0.3) is 10.8 Å². The van der Waals surface area contributed by atoms with Gasteiger partial charge in [-0.3, -0.25) is 0 Å². The molecule has 0 saturated carbocycles. The second-order valence-electron chi connectivity index (χ2n) is 3.66. The van der Waals surface area contributed by atoms with Crippen molar-refractivity contribution in [1.82, 2.24) is 0 Å². The number of hydrogen-bond donors (Lipinski definition) is 1. The van der Waals surface area contributed by atoms with Crippen LogP contribution in [0.15, 0.2) is 49.1 Å². The molecule has 0 saturated heterocycles. The van der Waals surface area contributed by atoms with Crippen LogP contribution in [0.5, 0.6) is 0 Å². The molecule has 0 aromatic heterocycles. The van der Waals surface area contributed by atoms with E-state index in [1.54, 1.807) is 12.1 Å². The van der Waals surface area contributed by atoms with E-state index in [1.807, 2.05) is 30.3 Å². The van der Waals surface area contributed by atoms with Crippen molar-refractivity contribution in [2.75, 3.05) is 0 Å². The first kappa shape index (κ1) is 10.4. The van der Waals surface area contributed by atoms with Crippen molar-refractivity contribution in [3.63, 3.8) is 0 Å². The summed E-state index contributed by atoms with van der Waals surface area (Å²) >= 11 is 0. The van der Waals surface area contributed by atoms with Gasteiger partial charge in [0.15, 0.2) is 0 Å². The number of aromatic carboxylic acids is 1. The molecule has 0 fully saturated rings. The summed E-state index contributed by atoms with van der Waals surface area (Å²) in [4.78, 5) is 11.1. The molecule has 1 N–H and O–H groups in total. The average molecular weight is 212 g/mol. The van der Waals surface area contributed by atoms with E-state index in [2.05, 4.69) is 6.58 Å². The molecule has 2 heteroatoms. The Morgan fingerprint density at radius 1 is 1.31 bits per heavy atom. The number of hydrogen-bond acceptors (Lipinski definition) is 1. The van der Waals surface area contributed by atoms with E-state index < -0.39 is 5.97 Å². The van der Waals surface area contributed by atoms with E-state index in [0.29, 0.717) is 5.56 Å². The Hall–Kier alpha value is -2.09. The van der Waals surface area contributed by atoms with E-state index in [0.717, 1.165) is 22.8 Å². The van der Waals surface area contributed by atoms with Crippen molar-refractivity contribution >= 4 is 16.7 Å². The fourth-order valence-corrected chi connectivity index (χ4v) is 1.80. The standard InChI is InChI=1S/C14H12O2/c1-2-4-10-7-8-11-5-3-6-12(14(15)16)13(11)9-10/h2-3,5-9H,1,4H2,(H,15,16). The maximum atomic E-state index is 11.1. The van der Waals surface area contributed by atoms with Crippen molar-refractivity contribution in [3.05, 3.63) is 60.2 Å². The molecule has 16 heavy (non-hydrogen) atoms. The van der Waals surface area contributed by atoms with Crippen molar-refractivity contribution < 1.29 is 9.90 Å². The van der Waals surface area contributed by atoms with Gasteiger partial charge in [-0.15, -0.1) is 6.58 Å².